The van der Waals surface area contributed by atoms with Gasteiger partial charge in [0.15, 0.2) is 0 Å². The molecule has 0 unspecified atom stereocenters. The lowest BCUT2D eigenvalue weighted by molar-refractivity contribution is -0.124. The van der Waals surface area contributed by atoms with E-state index in [1.165, 1.54) is 16.7 Å². The van der Waals surface area contributed by atoms with Gasteiger partial charge in [0.2, 0.25) is 5.91 Å². The summed E-state index contributed by atoms with van der Waals surface area (Å²) in [5, 5.41) is 3.38. The van der Waals surface area contributed by atoms with Gasteiger partial charge in [-0.3, -0.25) is 4.79 Å². The van der Waals surface area contributed by atoms with Crippen LogP contribution in [0.3, 0.4) is 0 Å². The second-order valence-corrected chi connectivity index (χ2v) is 8.87. The van der Waals surface area contributed by atoms with Crippen molar-refractivity contribution in [2.75, 3.05) is 0 Å². The van der Waals surface area contributed by atoms with E-state index in [4.69, 9.17) is 0 Å². The minimum atomic E-state index is -0.187. The van der Waals surface area contributed by atoms with E-state index in [1.54, 1.807) is 0 Å². The number of hydrogen-bond acceptors (Lipinski definition) is 1. The number of carbonyl (C=O) groups excluding carboxylic acids is 1. The second-order valence-electron chi connectivity index (χ2n) is 8.87. The Morgan fingerprint density at radius 1 is 0.636 bits per heavy atom. The van der Waals surface area contributed by atoms with E-state index in [0.29, 0.717) is 0 Å². The molecule has 0 aliphatic carbocycles. The van der Waals surface area contributed by atoms with Gasteiger partial charge in [-0.15, -0.1) is 0 Å². The Hall–Kier alpha value is -3.65. The fraction of sp³-hybridized carbons (Fsp3) is 0.194. The van der Waals surface area contributed by atoms with Gasteiger partial charge in [0.25, 0.3) is 0 Å². The van der Waals surface area contributed by atoms with Gasteiger partial charge in [0.1, 0.15) is 0 Å². The maximum Gasteiger partial charge on any atom is 0.228 e. The average Bonchev–Trinajstić information content (AvgIpc) is 2.85. The van der Waals surface area contributed by atoms with Crippen molar-refractivity contribution in [3.8, 4) is 11.1 Å². The summed E-state index contributed by atoms with van der Waals surface area (Å²) in [5.41, 5.74) is 5.74. The van der Waals surface area contributed by atoms with Crippen molar-refractivity contribution < 1.29 is 4.79 Å². The molecule has 1 amide bonds. The largest absolute Gasteiger partial charge is 0.348 e. The van der Waals surface area contributed by atoms with Crippen LogP contribution in [0.5, 0.6) is 0 Å². The fourth-order valence-corrected chi connectivity index (χ4v) is 4.40. The molecule has 4 rings (SSSR count). The zero-order valence-electron chi connectivity index (χ0n) is 19.3. The monoisotopic (exact) mass is 433 g/mol. The molecule has 4 aromatic rings. The minimum absolute atomic E-state index is 0.0734. The van der Waals surface area contributed by atoms with E-state index in [1.807, 2.05) is 54.6 Å². The number of hydrogen-bond donors (Lipinski definition) is 1. The maximum absolute atomic E-state index is 13.5. The lowest BCUT2D eigenvalue weighted by Crippen LogP contribution is -2.36. The molecular weight excluding hydrogens is 402 g/mol. The van der Waals surface area contributed by atoms with Gasteiger partial charge in [-0.25, -0.2) is 0 Å². The van der Waals surface area contributed by atoms with Crippen molar-refractivity contribution in [1.29, 1.82) is 0 Å². The first kappa shape index (κ1) is 22.5. The highest BCUT2D eigenvalue weighted by Gasteiger charge is 2.26. The zero-order chi connectivity index (χ0) is 23.0. The Balaban J connectivity index is 1.61. The molecule has 0 radical (unpaired) electrons. The summed E-state index contributed by atoms with van der Waals surface area (Å²) in [5.74, 6) is 0.0857. The lowest BCUT2D eigenvalue weighted by atomic mass is 9.87. The topological polar surface area (TPSA) is 29.1 Å². The third-order valence-electron chi connectivity index (χ3n) is 6.13. The molecule has 1 N–H and O–H groups in total. The summed E-state index contributed by atoms with van der Waals surface area (Å²) >= 11 is 0. The lowest BCUT2D eigenvalue weighted by Gasteiger charge is -2.26. The normalized spacial score (nSPS) is 12.8. The van der Waals surface area contributed by atoms with Crippen LogP contribution in [-0.4, -0.2) is 5.91 Å². The molecule has 0 aromatic heterocycles. The van der Waals surface area contributed by atoms with Crippen molar-refractivity contribution in [3.63, 3.8) is 0 Å². The zero-order valence-corrected chi connectivity index (χ0v) is 19.3. The number of nitrogens with one attached hydrogen (secondary N) is 1. The van der Waals surface area contributed by atoms with Crippen molar-refractivity contribution >= 4 is 5.91 Å². The quantitative estimate of drug-likeness (QED) is 0.313. The van der Waals surface area contributed by atoms with Crippen LogP contribution >= 0.6 is 0 Å². The molecule has 0 saturated heterocycles. The van der Waals surface area contributed by atoms with E-state index in [0.717, 1.165) is 17.5 Å². The minimum Gasteiger partial charge on any atom is -0.348 e. The maximum atomic E-state index is 13.5. The molecule has 4 aromatic carbocycles. The molecule has 2 heteroatoms. The van der Waals surface area contributed by atoms with Crippen LogP contribution in [-0.2, 0) is 11.2 Å². The molecule has 0 bridgehead atoms. The van der Waals surface area contributed by atoms with E-state index in [9.17, 15) is 4.79 Å². The summed E-state index contributed by atoms with van der Waals surface area (Å²) in [6.45, 7) is 4.22. The highest BCUT2D eigenvalue weighted by atomic mass is 16.2. The molecule has 0 aliphatic rings. The molecule has 166 valence electrons. The predicted molar refractivity (Wildman–Crippen MR) is 137 cm³/mol. The first-order valence-electron chi connectivity index (χ1n) is 11.7. The summed E-state index contributed by atoms with van der Waals surface area (Å²) in [4.78, 5) is 13.5. The van der Waals surface area contributed by atoms with Crippen molar-refractivity contribution in [1.82, 2.24) is 5.32 Å². The predicted octanol–water partition coefficient (Wildman–Crippen LogP) is 7.19. The molecule has 33 heavy (non-hydrogen) atoms. The molecule has 0 fully saturated rings. The van der Waals surface area contributed by atoms with Crippen LogP contribution in [0, 0.1) is 5.92 Å². The van der Waals surface area contributed by atoms with Crippen LogP contribution in [0.15, 0.2) is 115 Å². The highest BCUT2D eigenvalue weighted by molar-refractivity contribution is 5.84. The van der Waals surface area contributed by atoms with Gasteiger partial charge >= 0.3 is 0 Å². The van der Waals surface area contributed by atoms with Crippen molar-refractivity contribution in [2.45, 2.75) is 32.2 Å². The summed E-state index contributed by atoms with van der Waals surface area (Å²) in [6, 6.07) is 39.3. The first-order chi connectivity index (χ1) is 16.1. The van der Waals surface area contributed by atoms with Crippen LogP contribution in [0.2, 0.25) is 0 Å². The standard InChI is InChI=1S/C31H31NO/c1-23(2)30(28-16-10-5-11-17-28)31(33)32-29(22-24-12-6-3-7-13-24)27-20-18-26(19-21-27)25-14-8-4-9-15-25/h3-21,23,29-30H,22H2,1-2H3,(H,32,33)/t29-,30+/m0/s1. The molecule has 2 nitrogen and oxygen atoms in total. The Labute approximate surface area is 197 Å². The van der Waals surface area contributed by atoms with Crippen LogP contribution in [0.25, 0.3) is 11.1 Å². The van der Waals surface area contributed by atoms with E-state index in [2.05, 4.69) is 79.8 Å². The summed E-state index contributed by atoms with van der Waals surface area (Å²) in [6.07, 6.45) is 0.747. The molecule has 0 saturated carbocycles. The van der Waals surface area contributed by atoms with Gasteiger partial charge in [-0.2, -0.15) is 0 Å². The molecule has 0 heterocycles. The van der Waals surface area contributed by atoms with Gasteiger partial charge in [0, 0.05) is 0 Å². The Bertz CT molecular complexity index is 1140. The van der Waals surface area contributed by atoms with Gasteiger partial charge in [0.05, 0.1) is 12.0 Å². The smallest absolute Gasteiger partial charge is 0.228 e. The SMILES string of the molecule is CC(C)[C@@H](C(=O)N[C@@H](Cc1ccccc1)c1ccc(-c2ccccc2)cc1)c1ccccc1. The first-order valence-corrected chi connectivity index (χ1v) is 11.7. The number of rotatable bonds is 8. The van der Waals surface area contributed by atoms with Crippen molar-refractivity contribution in [3.05, 3.63) is 132 Å². The summed E-state index contributed by atoms with van der Waals surface area (Å²) < 4.78 is 0. The third kappa shape index (κ3) is 5.78. The number of amides is 1. The van der Waals surface area contributed by atoms with Crippen molar-refractivity contribution in [2.24, 2.45) is 5.92 Å². The molecule has 0 aliphatic heterocycles. The molecular formula is C31H31NO. The Morgan fingerprint density at radius 3 is 1.73 bits per heavy atom. The highest BCUT2D eigenvalue weighted by Crippen LogP contribution is 2.28. The Kier molecular flexibility index (Phi) is 7.36. The number of carbonyl (C=O) groups is 1. The van der Waals surface area contributed by atoms with E-state index in [-0.39, 0.29) is 23.8 Å². The molecule has 0 spiro atoms. The van der Waals surface area contributed by atoms with E-state index >= 15 is 0 Å². The van der Waals surface area contributed by atoms with Crippen LogP contribution < -0.4 is 5.32 Å². The van der Waals surface area contributed by atoms with Gasteiger partial charge in [-0.05, 0) is 40.2 Å². The second kappa shape index (κ2) is 10.8. The van der Waals surface area contributed by atoms with Crippen LogP contribution in [0.1, 0.15) is 42.5 Å². The van der Waals surface area contributed by atoms with E-state index < -0.39 is 0 Å². The molecule has 2 atom stereocenters. The summed E-state index contributed by atoms with van der Waals surface area (Å²) in [7, 11) is 0. The third-order valence-corrected chi connectivity index (χ3v) is 6.13. The number of benzene rings is 4. The van der Waals surface area contributed by atoms with Gasteiger partial charge < -0.3 is 5.32 Å². The Morgan fingerprint density at radius 2 is 1.15 bits per heavy atom. The average molecular weight is 434 g/mol. The van der Waals surface area contributed by atoms with Crippen LogP contribution in [0.4, 0.5) is 0 Å². The van der Waals surface area contributed by atoms with Gasteiger partial charge in [-0.1, -0.05) is 129 Å². The fourth-order valence-electron chi connectivity index (χ4n) is 4.40.